The first kappa shape index (κ1) is 25.1. The summed E-state index contributed by atoms with van der Waals surface area (Å²) in [6.45, 7) is 7.43. The number of carbonyl (C=O) groups is 3. The predicted octanol–water partition coefficient (Wildman–Crippen LogP) is 4.25. The minimum Gasteiger partial charge on any atom is -0.466 e. The van der Waals surface area contributed by atoms with Crippen molar-refractivity contribution in [2.75, 3.05) is 7.11 Å². The third-order valence-electron chi connectivity index (χ3n) is 9.68. The van der Waals surface area contributed by atoms with Crippen LogP contribution in [0.3, 0.4) is 0 Å². The van der Waals surface area contributed by atoms with E-state index in [2.05, 4.69) is 0 Å². The van der Waals surface area contributed by atoms with Crippen LogP contribution in [0.25, 0.3) is 0 Å². The first-order valence-electron chi connectivity index (χ1n) is 12.5. The molecule has 0 heterocycles. The highest BCUT2D eigenvalue weighted by atomic mass is 19.1. The van der Waals surface area contributed by atoms with Crippen molar-refractivity contribution in [3.63, 3.8) is 0 Å². The fraction of sp³-hybridized carbons (Fsp3) is 0.741. The Morgan fingerprint density at radius 3 is 2.62 bits per heavy atom. The molecule has 3 fully saturated rings. The van der Waals surface area contributed by atoms with Gasteiger partial charge in [-0.1, -0.05) is 38.8 Å². The number of carbonyl (C=O) groups excluding carboxylic acids is 3. The van der Waals surface area contributed by atoms with Crippen LogP contribution >= 0.6 is 0 Å². The Kier molecular flexibility index (Phi) is 6.11. The lowest BCUT2D eigenvalue weighted by atomic mass is 9.44. The lowest BCUT2D eigenvalue weighted by Crippen LogP contribution is -2.70. The molecule has 4 aliphatic carbocycles. The third-order valence-corrected chi connectivity index (χ3v) is 9.68. The van der Waals surface area contributed by atoms with E-state index < -0.39 is 52.0 Å². The number of alkyl halides is 1. The Morgan fingerprint density at radius 1 is 1.26 bits per heavy atom. The maximum Gasteiger partial charge on any atom is 0.351 e. The third kappa shape index (κ3) is 3.04. The van der Waals surface area contributed by atoms with E-state index in [-0.39, 0.29) is 24.5 Å². The molecule has 0 spiro atoms. The average molecular weight is 477 g/mol. The van der Waals surface area contributed by atoms with Crippen LogP contribution in [-0.2, 0) is 23.9 Å². The van der Waals surface area contributed by atoms with Gasteiger partial charge in [0, 0.05) is 29.1 Å². The molecule has 0 aromatic rings. The molecule has 0 aromatic carbocycles. The Bertz CT molecular complexity index is 957. The molecule has 8 atom stereocenters. The number of allylic oxidation sites excluding steroid dienone is 4. The Balaban J connectivity index is 1.80. The summed E-state index contributed by atoms with van der Waals surface area (Å²) in [4.78, 5) is 38.2. The molecule has 6 nitrogen and oxygen atoms in total. The van der Waals surface area contributed by atoms with Gasteiger partial charge in [0.25, 0.3) is 0 Å². The Morgan fingerprint density at radius 2 is 1.97 bits per heavy atom. The van der Waals surface area contributed by atoms with E-state index >= 15 is 4.39 Å². The quantitative estimate of drug-likeness (QED) is 0.597. The van der Waals surface area contributed by atoms with Gasteiger partial charge in [0.15, 0.2) is 11.5 Å². The van der Waals surface area contributed by atoms with Crippen molar-refractivity contribution in [1.29, 1.82) is 0 Å². The fourth-order valence-corrected chi connectivity index (χ4v) is 7.93. The lowest BCUT2D eigenvalue weighted by molar-refractivity contribution is -0.235. The monoisotopic (exact) mass is 476 g/mol. The molecular weight excluding hydrogens is 439 g/mol. The van der Waals surface area contributed by atoms with Crippen LogP contribution in [0.2, 0.25) is 0 Å². The van der Waals surface area contributed by atoms with Crippen molar-refractivity contribution in [2.45, 2.75) is 90.0 Å². The van der Waals surface area contributed by atoms with Crippen LogP contribution in [0.5, 0.6) is 0 Å². The predicted molar refractivity (Wildman–Crippen MR) is 123 cm³/mol. The number of aliphatic hydroxyl groups excluding tert-OH is 1. The molecule has 5 unspecified atom stereocenters. The molecule has 4 aliphatic rings. The van der Waals surface area contributed by atoms with Crippen molar-refractivity contribution < 1.29 is 33.4 Å². The van der Waals surface area contributed by atoms with E-state index in [0.29, 0.717) is 31.3 Å². The van der Waals surface area contributed by atoms with Crippen molar-refractivity contribution in [3.8, 4) is 0 Å². The zero-order chi connectivity index (χ0) is 25.1. The average Bonchev–Trinajstić information content (AvgIpc) is 3.00. The highest BCUT2D eigenvalue weighted by Crippen LogP contribution is 2.71. The number of hydrogen-bond acceptors (Lipinski definition) is 6. The molecule has 0 aliphatic heterocycles. The molecule has 7 heteroatoms. The smallest absolute Gasteiger partial charge is 0.351 e. The lowest BCUT2D eigenvalue weighted by Gasteiger charge is -2.62. The van der Waals surface area contributed by atoms with Crippen molar-refractivity contribution in [1.82, 2.24) is 0 Å². The number of esters is 2. The molecule has 0 radical (unpaired) electrons. The summed E-state index contributed by atoms with van der Waals surface area (Å²) in [7, 11) is 1.27. The van der Waals surface area contributed by atoms with Gasteiger partial charge in [-0.15, -0.1) is 0 Å². The van der Waals surface area contributed by atoms with Crippen LogP contribution in [0.4, 0.5) is 4.39 Å². The SMILES string of the molecule is CCCCC(=O)O[C@]1(C(=O)OC)[C@@H](C)CC2C3CCC4=CC(=O)C=CC4(C)C3(F)[C@@H](O)CC21C. The van der Waals surface area contributed by atoms with Crippen LogP contribution in [0, 0.1) is 28.6 Å². The van der Waals surface area contributed by atoms with Gasteiger partial charge in [-0.3, -0.25) is 9.59 Å². The molecule has 0 bridgehead atoms. The molecule has 188 valence electrons. The van der Waals surface area contributed by atoms with E-state index in [0.717, 1.165) is 6.42 Å². The molecule has 3 saturated carbocycles. The summed E-state index contributed by atoms with van der Waals surface area (Å²) in [6.07, 6.45) is 6.16. The molecule has 0 amide bonds. The van der Waals surface area contributed by atoms with Gasteiger partial charge in [-0.2, -0.15) is 0 Å². The van der Waals surface area contributed by atoms with Gasteiger partial charge in [-0.05, 0) is 57.1 Å². The zero-order valence-electron chi connectivity index (χ0n) is 20.9. The fourth-order valence-electron chi connectivity index (χ4n) is 7.93. The molecule has 1 N–H and O–H groups in total. The molecule has 0 aromatic heterocycles. The Labute approximate surface area is 200 Å². The Hall–Kier alpha value is -2.02. The summed E-state index contributed by atoms with van der Waals surface area (Å²) in [5, 5.41) is 11.5. The largest absolute Gasteiger partial charge is 0.466 e. The summed E-state index contributed by atoms with van der Waals surface area (Å²) in [5.41, 5.74) is -4.99. The van der Waals surface area contributed by atoms with Crippen molar-refractivity contribution in [3.05, 3.63) is 23.8 Å². The molecular formula is C27H37FO6. The van der Waals surface area contributed by atoms with Crippen molar-refractivity contribution >= 4 is 17.7 Å². The first-order valence-corrected chi connectivity index (χ1v) is 12.5. The summed E-state index contributed by atoms with van der Waals surface area (Å²) < 4.78 is 28.5. The minimum absolute atomic E-state index is 0.0458. The van der Waals surface area contributed by atoms with E-state index in [1.165, 1.54) is 19.3 Å². The number of methoxy groups -OCH3 is 1. The number of fused-ring (bicyclic) bond motifs is 5. The molecule has 0 saturated heterocycles. The number of rotatable bonds is 5. The number of halogens is 1. The topological polar surface area (TPSA) is 89.9 Å². The molecule has 4 rings (SSSR count). The number of aliphatic hydroxyl groups is 1. The van der Waals surface area contributed by atoms with Gasteiger partial charge in [0.1, 0.15) is 0 Å². The minimum atomic E-state index is -2.00. The van der Waals surface area contributed by atoms with E-state index in [1.54, 1.807) is 13.0 Å². The van der Waals surface area contributed by atoms with Crippen molar-refractivity contribution in [2.24, 2.45) is 28.6 Å². The summed E-state index contributed by atoms with van der Waals surface area (Å²) in [5.74, 6) is -2.55. The van der Waals surface area contributed by atoms with E-state index in [9.17, 15) is 19.5 Å². The van der Waals surface area contributed by atoms with Gasteiger partial charge in [0.05, 0.1) is 13.2 Å². The van der Waals surface area contributed by atoms with Gasteiger partial charge >= 0.3 is 11.9 Å². The number of unbranched alkanes of at least 4 members (excludes halogenated alkanes) is 1. The van der Waals surface area contributed by atoms with Crippen LogP contribution in [0.15, 0.2) is 23.8 Å². The second kappa shape index (κ2) is 8.28. The van der Waals surface area contributed by atoms with E-state index in [4.69, 9.17) is 9.47 Å². The number of ether oxygens (including phenoxy) is 2. The van der Waals surface area contributed by atoms with Crippen LogP contribution < -0.4 is 0 Å². The standard InChI is InChI=1S/C27H37FO6/c1-6-7-8-22(31)34-27(23(32)33-5)16(2)13-20-19-10-9-17-14-18(29)11-12-24(17,3)26(19,28)21(30)15-25(20,27)4/h11-12,14,16,19-21,30H,6-10,13,15H2,1-5H3/t16-,19?,20?,21-,24?,25?,26?,27-/m0/s1. The van der Waals surface area contributed by atoms with E-state index in [1.807, 2.05) is 20.8 Å². The maximum atomic E-state index is 17.3. The van der Waals surface area contributed by atoms with Crippen LogP contribution in [0.1, 0.15) is 72.6 Å². The van der Waals surface area contributed by atoms with Gasteiger partial charge in [0.2, 0.25) is 5.60 Å². The zero-order valence-corrected chi connectivity index (χ0v) is 20.9. The first-order chi connectivity index (χ1) is 15.9. The highest BCUT2D eigenvalue weighted by Gasteiger charge is 2.77. The number of hydrogen-bond donors (Lipinski definition) is 1. The highest BCUT2D eigenvalue weighted by molar-refractivity contribution is 6.01. The van der Waals surface area contributed by atoms with Gasteiger partial charge in [-0.25, -0.2) is 9.18 Å². The van der Waals surface area contributed by atoms with Gasteiger partial charge < -0.3 is 14.6 Å². The normalized spacial score (nSPS) is 45.0. The van der Waals surface area contributed by atoms with Crippen LogP contribution in [-0.4, -0.2) is 47.3 Å². The molecule has 34 heavy (non-hydrogen) atoms. The second-order valence-corrected chi connectivity index (χ2v) is 11.2. The maximum absolute atomic E-state index is 17.3. The summed E-state index contributed by atoms with van der Waals surface area (Å²) in [6, 6.07) is 0. The summed E-state index contributed by atoms with van der Waals surface area (Å²) >= 11 is 0. The number of ketones is 1. The second-order valence-electron chi connectivity index (χ2n) is 11.2.